The van der Waals surface area contributed by atoms with E-state index in [1.54, 1.807) is 0 Å². The van der Waals surface area contributed by atoms with Crippen molar-refractivity contribution in [3.8, 4) is 0 Å². The molecular weight excluding hydrogens is 206 g/mol. The lowest BCUT2D eigenvalue weighted by molar-refractivity contribution is 0.706. The summed E-state index contributed by atoms with van der Waals surface area (Å²) in [5.74, 6) is 0. The molecular formula is C16H19N. The molecule has 0 aliphatic heterocycles. The van der Waals surface area contributed by atoms with Crippen LogP contribution in [0.4, 0.5) is 5.69 Å². The van der Waals surface area contributed by atoms with E-state index >= 15 is 0 Å². The number of benzene rings is 2. The van der Waals surface area contributed by atoms with Gasteiger partial charge in [-0.25, -0.2) is 0 Å². The maximum Gasteiger partial charge on any atom is 0.0342 e. The molecule has 1 atom stereocenters. The zero-order valence-corrected chi connectivity index (χ0v) is 10.3. The van der Waals surface area contributed by atoms with Gasteiger partial charge in [-0.2, -0.15) is 0 Å². The lowest BCUT2D eigenvalue weighted by Gasteiger charge is -2.15. The summed E-state index contributed by atoms with van der Waals surface area (Å²) < 4.78 is 0. The van der Waals surface area contributed by atoms with Crippen LogP contribution < -0.4 is 5.32 Å². The van der Waals surface area contributed by atoms with E-state index in [0.717, 1.165) is 12.8 Å². The first-order chi connectivity index (χ1) is 8.34. The molecule has 0 saturated heterocycles. The molecule has 1 heteroatoms. The summed E-state index contributed by atoms with van der Waals surface area (Å²) in [5, 5.41) is 3.51. The minimum absolute atomic E-state index is 0.498. The topological polar surface area (TPSA) is 12.0 Å². The van der Waals surface area contributed by atoms with Crippen molar-refractivity contribution >= 4 is 5.69 Å². The summed E-state index contributed by atoms with van der Waals surface area (Å²) in [7, 11) is 0. The number of nitrogens with one attached hydrogen (secondary N) is 1. The summed E-state index contributed by atoms with van der Waals surface area (Å²) in [4.78, 5) is 0. The van der Waals surface area contributed by atoms with E-state index in [0.29, 0.717) is 6.04 Å². The van der Waals surface area contributed by atoms with Gasteiger partial charge in [0.25, 0.3) is 0 Å². The predicted molar refractivity (Wildman–Crippen MR) is 74.3 cm³/mol. The summed E-state index contributed by atoms with van der Waals surface area (Å²) in [6.07, 6.45) is 2.28. The molecule has 1 nitrogen and oxygen atoms in total. The third-order valence-corrected chi connectivity index (χ3v) is 2.90. The van der Waals surface area contributed by atoms with E-state index in [2.05, 4.69) is 66.8 Å². The van der Waals surface area contributed by atoms with Crippen LogP contribution in [0.25, 0.3) is 0 Å². The normalized spacial score (nSPS) is 12.1. The average molecular weight is 225 g/mol. The van der Waals surface area contributed by atoms with Crippen LogP contribution in [-0.4, -0.2) is 6.04 Å². The Morgan fingerprint density at radius 3 is 2.12 bits per heavy atom. The van der Waals surface area contributed by atoms with Gasteiger partial charge in [0.1, 0.15) is 0 Å². The molecule has 2 aromatic carbocycles. The first-order valence-corrected chi connectivity index (χ1v) is 6.20. The van der Waals surface area contributed by atoms with Crippen LogP contribution in [0.5, 0.6) is 0 Å². The van der Waals surface area contributed by atoms with Crippen LogP contribution in [0, 0.1) is 0 Å². The molecule has 0 heterocycles. The summed E-state index contributed by atoms with van der Waals surface area (Å²) >= 11 is 0. The highest BCUT2D eigenvalue weighted by molar-refractivity contribution is 5.43. The van der Waals surface area contributed by atoms with Crippen LogP contribution >= 0.6 is 0 Å². The molecule has 0 radical (unpaired) electrons. The second-order valence-electron chi connectivity index (χ2n) is 4.44. The van der Waals surface area contributed by atoms with Crippen LogP contribution in [0.2, 0.25) is 0 Å². The van der Waals surface area contributed by atoms with Crippen LogP contribution in [0.3, 0.4) is 0 Å². The molecule has 88 valence electrons. The standard InChI is InChI=1S/C16H19N/c1-14(17-16-10-6-3-7-11-16)12-13-15-8-4-2-5-9-15/h2-11,14,17H,12-13H2,1H3/t14-/m0/s1. The van der Waals surface area contributed by atoms with E-state index in [1.165, 1.54) is 11.3 Å². The van der Waals surface area contributed by atoms with E-state index < -0.39 is 0 Å². The smallest absolute Gasteiger partial charge is 0.0342 e. The molecule has 0 spiro atoms. The molecule has 17 heavy (non-hydrogen) atoms. The maximum absolute atomic E-state index is 3.51. The maximum atomic E-state index is 3.51. The van der Waals surface area contributed by atoms with Crippen molar-refractivity contribution in [2.24, 2.45) is 0 Å². The molecule has 0 aliphatic rings. The van der Waals surface area contributed by atoms with Crippen molar-refractivity contribution in [3.05, 3.63) is 66.2 Å². The molecule has 0 amide bonds. The lowest BCUT2D eigenvalue weighted by atomic mass is 10.1. The molecule has 0 aromatic heterocycles. The zero-order valence-electron chi connectivity index (χ0n) is 10.3. The molecule has 1 N–H and O–H groups in total. The number of hydrogen-bond acceptors (Lipinski definition) is 1. The molecule has 2 aromatic rings. The molecule has 2 rings (SSSR count). The fraction of sp³-hybridized carbons (Fsp3) is 0.250. The average Bonchev–Trinajstić information content (AvgIpc) is 2.39. The largest absolute Gasteiger partial charge is 0.383 e. The minimum Gasteiger partial charge on any atom is -0.383 e. The van der Waals surface area contributed by atoms with E-state index in [1.807, 2.05) is 6.07 Å². The SMILES string of the molecule is C[C@@H](CCc1ccccc1)Nc1ccccc1. The van der Waals surface area contributed by atoms with Gasteiger partial charge in [0.2, 0.25) is 0 Å². The van der Waals surface area contributed by atoms with Crippen molar-refractivity contribution in [2.45, 2.75) is 25.8 Å². The zero-order chi connectivity index (χ0) is 11.9. The molecule has 0 fully saturated rings. The highest BCUT2D eigenvalue weighted by Crippen LogP contribution is 2.11. The summed E-state index contributed by atoms with van der Waals surface area (Å²) in [5.41, 5.74) is 2.61. The second kappa shape index (κ2) is 6.09. The first kappa shape index (κ1) is 11.7. The Morgan fingerprint density at radius 2 is 1.47 bits per heavy atom. The number of para-hydroxylation sites is 1. The molecule has 0 unspecified atom stereocenters. The van der Waals surface area contributed by atoms with Gasteiger partial charge in [0.05, 0.1) is 0 Å². The Labute approximate surface area is 103 Å². The Balaban J connectivity index is 1.80. The number of hydrogen-bond donors (Lipinski definition) is 1. The molecule has 0 saturated carbocycles. The first-order valence-electron chi connectivity index (χ1n) is 6.20. The number of rotatable bonds is 5. The number of aryl methyl sites for hydroxylation is 1. The monoisotopic (exact) mass is 225 g/mol. The van der Waals surface area contributed by atoms with Gasteiger partial charge in [-0.3, -0.25) is 0 Å². The van der Waals surface area contributed by atoms with Crippen molar-refractivity contribution in [1.29, 1.82) is 0 Å². The summed E-state index contributed by atoms with van der Waals surface area (Å²) in [6.45, 7) is 2.23. The Morgan fingerprint density at radius 1 is 0.882 bits per heavy atom. The Bertz CT molecular complexity index is 422. The number of anilines is 1. The van der Waals surface area contributed by atoms with Gasteiger partial charge in [-0.05, 0) is 37.5 Å². The van der Waals surface area contributed by atoms with Crippen LogP contribution in [0.1, 0.15) is 18.9 Å². The van der Waals surface area contributed by atoms with Crippen molar-refractivity contribution in [2.75, 3.05) is 5.32 Å². The van der Waals surface area contributed by atoms with Crippen molar-refractivity contribution in [3.63, 3.8) is 0 Å². The van der Waals surface area contributed by atoms with Gasteiger partial charge in [-0.15, -0.1) is 0 Å². The van der Waals surface area contributed by atoms with Gasteiger partial charge in [0.15, 0.2) is 0 Å². The third kappa shape index (κ3) is 3.95. The molecule has 0 aliphatic carbocycles. The third-order valence-electron chi connectivity index (χ3n) is 2.90. The molecule has 0 bridgehead atoms. The highest BCUT2D eigenvalue weighted by Gasteiger charge is 2.01. The Hall–Kier alpha value is -1.76. The second-order valence-corrected chi connectivity index (χ2v) is 4.44. The lowest BCUT2D eigenvalue weighted by Crippen LogP contribution is -2.15. The van der Waals surface area contributed by atoms with Crippen LogP contribution in [-0.2, 0) is 6.42 Å². The van der Waals surface area contributed by atoms with E-state index in [-0.39, 0.29) is 0 Å². The van der Waals surface area contributed by atoms with Crippen molar-refractivity contribution in [1.82, 2.24) is 0 Å². The van der Waals surface area contributed by atoms with Gasteiger partial charge in [0, 0.05) is 11.7 Å². The van der Waals surface area contributed by atoms with Gasteiger partial charge >= 0.3 is 0 Å². The van der Waals surface area contributed by atoms with Gasteiger partial charge < -0.3 is 5.32 Å². The van der Waals surface area contributed by atoms with E-state index in [4.69, 9.17) is 0 Å². The predicted octanol–water partition coefficient (Wildman–Crippen LogP) is 4.12. The summed E-state index contributed by atoms with van der Waals surface area (Å²) in [6, 6.07) is 21.5. The quantitative estimate of drug-likeness (QED) is 0.807. The van der Waals surface area contributed by atoms with Gasteiger partial charge in [-0.1, -0.05) is 48.5 Å². The van der Waals surface area contributed by atoms with Crippen molar-refractivity contribution < 1.29 is 0 Å². The fourth-order valence-corrected chi connectivity index (χ4v) is 1.92. The minimum atomic E-state index is 0.498. The van der Waals surface area contributed by atoms with Crippen LogP contribution in [0.15, 0.2) is 60.7 Å². The van der Waals surface area contributed by atoms with E-state index in [9.17, 15) is 0 Å². The fourth-order valence-electron chi connectivity index (χ4n) is 1.92. The highest BCUT2D eigenvalue weighted by atomic mass is 14.9. The Kier molecular flexibility index (Phi) is 4.20.